The van der Waals surface area contributed by atoms with Gasteiger partial charge in [-0.3, -0.25) is 14.4 Å². The molecule has 2 saturated heterocycles. The second-order valence-corrected chi connectivity index (χ2v) is 5.78. The van der Waals surface area contributed by atoms with Crippen molar-refractivity contribution < 1.29 is 24.2 Å². The molecule has 0 unspecified atom stereocenters. The van der Waals surface area contributed by atoms with Crippen LogP contribution in [0.25, 0.3) is 11.0 Å². The highest BCUT2D eigenvalue weighted by Crippen LogP contribution is 2.18. The van der Waals surface area contributed by atoms with Gasteiger partial charge in [0, 0.05) is 18.7 Å². The van der Waals surface area contributed by atoms with Gasteiger partial charge in [-0.1, -0.05) is 0 Å². The first-order valence-electron chi connectivity index (χ1n) is 7.68. The number of aromatic amines is 1. The summed E-state index contributed by atoms with van der Waals surface area (Å²) in [7, 11) is 0. The van der Waals surface area contributed by atoms with Gasteiger partial charge in [0.25, 0.3) is 12.4 Å². The molecule has 2 aliphatic rings. The van der Waals surface area contributed by atoms with E-state index in [-0.39, 0.29) is 30.2 Å². The van der Waals surface area contributed by atoms with Crippen LogP contribution in [0.4, 0.5) is 0 Å². The molecule has 10 nitrogen and oxygen atoms in total. The van der Waals surface area contributed by atoms with Crippen molar-refractivity contribution in [3.05, 3.63) is 23.8 Å². The molecule has 1 aromatic heterocycles. The van der Waals surface area contributed by atoms with E-state index < -0.39 is 0 Å². The molecule has 2 atom stereocenters. The number of rotatable bonds is 1. The van der Waals surface area contributed by atoms with E-state index in [1.807, 2.05) is 0 Å². The van der Waals surface area contributed by atoms with Gasteiger partial charge >= 0.3 is 0 Å². The normalized spacial score (nSPS) is 22.4. The second-order valence-electron chi connectivity index (χ2n) is 5.78. The number of H-pyrrole nitrogens is 1. The number of nitrogens with zero attached hydrogens (tertiary/aromatic N) is 3. The van der Waals surface area contributed by atoms with E-state index in [9.17, 15) is 9.59 Å². The summed E-state index contributed by atoms with van der Waals surface area (Å²) < 4.78 is 5.47. The molecule has 2 aliphatic heterocycles. The molecule has 132 valence electrons. The zero-order valence-electron chi connectivity index (χ0n) is 13.2. The van der Waals surface area contributed by atoms with Gasteiger partial charge in [-0.05, 0) is 18.2 Å². The minimum absolute atomic E-state index is 0.0373. The summed E-state index contributed by atoms with van der Waals surface area (Å²) in [5.74, 6) is -0.449. The molecule has 2 fully saturated rings. The molecular weight excluding hydrogens is 330 g/mol. The van der Waals surface area contributed by atoms with E-state index in [1.165, 1.54) is 0 Å². The molecule has 2 aromatic rings. The van der Waals surface area contributed by atoms with Crippen LogP contribution in [0.3, 0.4) is 0 Å². The predicted molar refractivity (Wildman–Crippen MR) is 84.7 cm³/mol. The molecule has 2 bridgehead atoms. The second kappa shape index (κ2) is 7.26. The summed E-state index contributed by atoms with van der Waals surface area (Å²) in [5, 5.41) is 20.3. The molecule has 0 radical (unpaired) electrons. The van der Waals surface area contributed by atoms with Crippen molar-refractivity contribution in [3.63, 3.8) is 0 Å². The van der Waals surface area contributed by atoms with Crippen LogP contribution in [-0.4, -0.2) is 76.0 Å². The van der Waals surface area contributed by atoms with Crippen molar-refractivity contribution in [1.82, 2.24) is 25.6 Å². The molecule has 3 N–H and O–H groups in total. The number of nitrogens with one attached hydrogen (secondary N) is 2. The molecular formula is C15H17N5O5. The van der Waals surface area contributed by atoms with Crippen molar-refractivity contribution in [3.8, 4) is 0 Å². The van der Waals surface area contributed by atoms with Gasteiger partial charge in [0.2, 0.25) is 5.91 Å². The fraction of sp³-hybridized carbons (Fsp3) is 0.400. The van der Waals surface area contributed by atoms with Gasteiger partial charge in [0.05, 0.1) is 25.2 Å². The molecule has 3 heterocycles. The van der Waals surface area contributed by atoms with E-state index in [2.05, 4.69) is 20.7 Å². The summed E-state index contributed by atoms with van der Waals surface area (Å²) in [5.41, 5.74) is 1.92. The smallest absolute Gasteiger partial charge is 0.290 e. The molecule has 1 aromatic carbocycles. The molecule has 0 aliphatic carbocycles. The Morgan fingerprint density at radius 3 is 2.84 bits per heavy atom. The summed E-state index contributed by atoms with van der Waals surface area (Å²) in [4.78, 5) is 34.8. The lowest BCUT2D eigenvalue weighted by Crippen LogP contribution is -2.44. The minimum Gasteiger partial charge on any atom is -0.483 e. The Balaban J connectivity index is 0.000000569. The zero-order chi connectivity index (χ0) is 17.8. The number of amides is 2. The van der Waals surface area contributed by atoms with Gasteiger partial charge in [0.15, 0.2) is 0 Å². The van der Waals surface area contributed by atoms with Crippen LogP contribution in [0.15, 0.2) is 18.2 Å². The van der Waals surface area contributed by atoms with E-state index in [0.717, 1.165) is 5.52 Å². The lowest BCUT2D eigenvalue weighted by molar-refractivity contribution is -0.125. The van der Waals surface area contributed by atoms with Gasteiger partial charge in [0.1, 0.15) is 11.0 Å². The van der Waals surface area contributed by atoms with Gasteiger partial charge < -0.3 is 20.1 Å². The Morgan fingerprint density at radius 2 is 2.04 bits per heavy atom. The van der Waals surface area contributed by atoms with E-state index in [0.29, 0.717) is 37.4 Å². The molecule has 0 saturated carbocycles. The SMILES string of the molecule is O=C1N[C@@H]2COC[C@H]1CN(C(=O)c1ccc3n[nH]nc3c1)C2.O=CO. The number of hydrogen-bond acceptors (Lipinski definition) is 6. The number of ether oxygens (including phenoxy) is 1. The average Bonchev–Trinajstić information content (AvgIpc) is 2.90. The summed E-state index contributed by atoms with van der Waals surface area (Å²) in [6.45, 7) is 1.37. The van der Waals surface area contributed by atoms with Crippen molar-refractivity contribution in [2.24, 2.45) is 5.92 Å². The fourth-order valence-electron chi connectivity index (χ4n) is 2.95. The molecule has 0 spiro atoms. The number of aromatic nitrogens is 3. The van der Waals surface area contributed by atoms with Crippen molar-refractivity contribution in [2.75, 3.05) is 26.3 Å². The molecule has 10 heteroatoms. The largest absolute Gasteiger partial charge is 0.483 e. The van der Waals surface area contributed by atoms with Crippen LogP contribution >= 0.6 is 0 Å². The summed E-state index contributed by atoms with van der Waals surface area (Å²) >= 11 is 0. The highest BCUT2D eigenvalue weighted by atomic mass is 16.5. The fourth-order valence-corrected chi connectivity index (χ4v) is 2.95. The monoisotopic (exact) mass is 347 g/mol. The van der Waals surface area contributed by atoms with E-state index in [4.69, 9.17) is 14.6 Å². The van der Waals surface area contributed by atoms with Crippen LogP contribution in [0.5, 0.6) is 0 Å². The number of carbonyl (C=O) groups is 3. The van der Waals surface area contributed by atoms with Gasteiger partial charge in [-0.2, -0.15) is 15.4 Å². The third kappa shape index (κ3) is 3.58. The Kier molecular flexibility index (Phi) is 4.89. The zero-order valence-corrected chi connectivity index (χ0v) is 13.2. The number of carboxylic acid groups (broad SMARTS) is 1. The standard InChI is InChI=1S/C14H15N5O3.CH2O2/c20-13-9-4-19(5-10(15-13)7-22-6-9)14(21)8-1-2-11-12(3-8)17-18-16-11;2-1-3/h1-3,9-10H,4-7H2,(H,15,20)(H,16,17,18);1H,(H,2,3)/t9-,10+;/m1./s1. The van der Waals surface area contributed by atoms with Crippen LogP contribution in [-0.2, 0) is 14.3 Å². The average molecular weight is 347 g/mol. The topological polar surface area (TPSA) is 138 Å². The van der Waals surface area contributed by atoms with Crippen LogP contribution < -0.4 is 5.32 Å². The number of carbonyl (C=O) groups excluding carboxylic acids is 2. The first-order valence-corrected chi connectivity index (χ1v) is 7.68. The predicted octanol–water partition coefficient (Wildman–Crippen LogP) is -0.754. The number of hydrogen-bond donors (Lipinski definition) is 3. The number of fused-ring (bicyclic) bond motifs is 4. The van der Waals surface area contributed by atoms with Crippen LogP contribution in [0.1, 0.15) is 10.4 Å². The Labute approximate surface area is 142 Å². The van der Waals surface area contributed by atoms with E-state index in [1.54, 1.807) is 23.1 Å². The maximum atomic E-state index is 12.7. The highest BCUT2D eigenvalue weighted by Gasteiger charge is 2.35. The third-order valence-corrected chi connectivity index (χ3v) is 4.09. The quantitative estimate of drug-likeness (QED) is 0.577. The van der Waals surface area contributed by atoms with Gasteiger partial charge in [-0.15, -0.1) is 0 Å². The maximum Gasteiger partial charge on any atom is 0.290 e. The Bertz CT molecular complexity index is 791. The highest BCUT2D eigenvalue weighted by molar-refractivity contribution is 5.97. The van der Waals surface area contributed by atoms with Gasteiger partial charge in [-0.25, -0.2) is 0 Å². The van der Waals surface area contributed by atoms with Crippen LogP contribution in [0.2, 0.25) is 0 Å². The molecule has 4 rings (SSSR count). The van der Waals surface area contributed by atoms with Crippen LogP contribution in [0, 0.1) is 5.92 Å². The third-order valence-electron chi connectivity index (χ3n) is 4.09. The summed E-state index contributed by atoms with van der Waals surface area (Å²) in [6, 6.07) is 5.06. The first kappa shape index (κ1) is 16.8. The Morgan fingerprint density at radius 1 is 1.28 bits per heavy atom. The summed E-state index contributed by atoms with van der Waals surface area (Å²) in [6.07, 6.45) is 0. The maximum absolute atomic E-state index is 12.7. The molecule has 2 amide bonds. The van der Waals surface area contributed by atoms with Crippen molar-refractivity contribution in [1.29, 1.82) is 0 Å². The lowest BCUT2D eigenvalue weighted by atomic mass is 10.1. The first-order chi connectivity index (χ1) is 12.1. The van der Waals surface area contributed by atoms with Crippen molar-refractivity contribution in [2.45, 2.75) is 6.04 Å². The Hall–Kier alpha value is -3.01. The minimum atomic E-state index is -0.313. The van der Waals surface area contributed by atoms with E-state index >= 15 is 0 Å². The lowest BCUT2D eigenvalue weighted by Gasteiger charge is -2.27. The molecule has 25 heavy (non-hydrogen) atoms. The number of benzene rings is 1. The van der Waals surface area contributed by atoms with Crippen molar-refractivity contribution >= 4 is 29.3 Å².